The van der Waals surface area contributed by atoms with Gasteiger partial charge in [0, 0.05) is 7.11 Å². The molecule has 1 aromatic rings. The van der Waals surface area contributed by atoms with Crippen molar-refractivity contribution in [3.05, 3.63) is 36.4 Å². The third kappa shape index (κ3) is 2.54. The SMILES string of the molecule is C=C(C)c1ccc([SiH](C)OC)cc1. The van der Waals surface area contributed by atoms with Crippen molar-refractivity contribution in [2.45, 2.75) is 13.5 Å². The van der Waals surface area contributed by atoms with Crippen molar-refractivity contribution in [3.63, 3.8) is 0 Å². The Kier molecular flexibility index (Phi) is 3.45. The fraction of sp³-hybridized carbons (Fsp3) is 0.273. The monoisotopic (exact) mass is 192 g/mol. The minimum atomic E-state index is -1.12. The lowest BCUT2D eigenvalue weighted by Crippen LogP contribution is -2.28. The van der Waals surface area contributed by atoms with Gasteiger partial charge in [-0.3, -0.25) is 0 Å². The van der Waals surface area contributed by atoms with Crippen LogP contribution in [0.5, 0.6) is 0 Å². The molecule has 1 rings (SSSR count). The molecule has 0 aromatic heterocycles. The Labute approximate surface area is 81.8 Å². The van der Waals surface area contributed by atoms with Gasteiger partial charge in [0.15, 0.2) is 0 Å². The Morgan fingerprint density at radius 3 is 2.23 bits per heavy atom. The van der Waals surface area contributed by atoms with Crippen molar-refractivity contribution in [2.75, 3.05) is 7.11 Å². The maximum atomic E-state index is 5.35. The lowest BCUT2D eigenvalue weighted by molar-refractivity contribution is 0.434. The summed E-state index contributed by atoms with van der Waals surface area (Å²) in [6.07, 6.45) is 0. The number of allylic oxidation sites excluding steroid dienone is 1. The first-order valence-electron chi connectivity index (χ1n) is 4.43. The van der Waals surface area contributed by atoms with Crippen LogP contribution in [0.1, 0.15) is 12.5 Å². The summed E-state index contributed by atoms with van der Waals surface area (Å²) in [4.78, 5) is 0. The normalized spacial score (nSPS) is 12.5. The molecule has 0 saturated carbocycles. The first kappa shape index (κ1) is 10.2. The highest BCUT2D eigenvalue weighted by molar-refractivity contribution is 6.66. The van der Waals surface area contributed by atoms with E-state index in [1.54, 1.807) is 7.11 Å². The van der Waals surface area contributed by atoms with Crippen LogP contribution in [0.25, 0.3) is 5.57 Å². The molecule has 0 spiro atoms. The van der Waals surface area contributed by atoms with Crippen molar-refractivity contribution >= 4 is 19.8 Å². The fourth-order valence-electron chi connectivity index (χ4n) is 1.17. The maximum Gasteiger partial charge on any atom is 0.204 e. The highest BCUT2D eigenvalue weighted by Crippen LogP contribution is 2.08. The molecule has 70 valence electrons. The zero-order chi connectivity index (χ0) is 9.84. The summed E-state index contributed by atoms with van der Waals surface area (Å²) in [6, 6.07) is 8.51. The van der Waals surface area contributed by atoms with E-state index in [2.05, 4.69) is 37.4 Å². The molecule has 0 N–H and O–H groups in total. The second-order valence-corrected chi connectivity index (χ2v) is 5.70. The molecule has 13 heavy (non-hydrogen) atoms. The second-order valence-electron chi connectivity index (χ2n) is 3.28. The first-order valence-corrected chi connectivity index (χ1v) is 6.64. The molecule has 2 heteroatoms. The van der Waals surface area contributed by atoms with Crippen LogP contribution in [-0.2, 0) is 4.43 Å². The molecule has 0 saturated heterocycles. The van der Waals surface area contributed by atoms with Gasteiger partial charge in [0.2, 0.25) is 9.04 Å². The minimum absolute atomic E-state index is 1.11. The van der Waals surface area contributed by atoms with Gasteiger partial charge in [0.05, 0.1) is 0 Å². The third-order valence-corrected chi connectivity index (χ3v) is 4.26. The molecule has 0 aliphatic rings. The van der Waals surface area contributed by atoms with Gasteiger partial charge in [-0.25, -0.2) is 0 Å². The molecule has 0 heterocycles. The second kappa shape index (κ2) is 4.39. The predicted molar refractivity (Wildman–Crippen MR) is 60.8 cm³/mol. The Hall–Kier alpha value is -0.863. The molecule has 0 aliphatic heterocycles. The predicted octanol–water partition coefficient (Wildman–Crippen LogP) is 1.93. The number of benzene rings is 1. The standard InChI is InChI=1S/C11H16OSi/c1-9(2)10-5-7-11(8-6-10)13(4)12-3/h5-8,13H,1H2,2-4H3. The van der Waals surface area contributed by atoms with Crippen LogP contribution >= 0.6 is 0 Å². The van der Waals surface area contributed by atoms with E-state index in [1.165, 1.54) is 10.8 Å². The first-order chi connectivity index (χ1) is 6.15. The average Bonchev–Trinajstić information content (AvgIpc) is 2.17. The van der Waals surface area contributed by atoms with Crippen LogP contribution in [0.4, 0.5) is 0 Å². The molecule has 1 nitrogen and oxygen atoms in total. The van der Waals surface area contributed by atoms with Gasteiger partial charge in [-0.1, -0.05) is 36.4 Å². The molecular formula is C11H16OSi. The summed E-state index contributed by atoms with van der Waals surface area (Å²) in [6.45, 7) is 8.10. The van der Waals surface area contributed by atoms with Crippen LogP contribution in [-0.4, -0.2) is 16.2 Å². The fourth-order valence-corrected chi connectivity index (χ4v) is 2.18. The van der Waals surface area contributed by atoms with E-state index < -0.39 is 9.04 Å². The summed E-state index contributed by atoms with van der Waals surface area (Å²) in [5, 5.41) is 1.34. The van der Waals surface area contributed by atoms with Gasteiger partial charge in [0.1, 0.15) is 0 Å². The molecule has 1 atom stereocenters. The van der Waals surface area contributed by atoms with Gasteiger partial charge in [-0.2, -0.15) is 0 Å². The van der Waals surface area contributed by atoms with E-state index in [0.717, 1.165) is 5.57 Å². The van der Waals surface area contributed by atoms with Crippen LogP contribution in [0.15, 0.2) is 30.8 Å². The van der Waals surface area contributed by atoms with Crippen LogP contribution in [0.3, 0.4) is 0 Å². The largest absolute Gasteiger partial charge is 0.419 e. The van der Waals surface area contributed by atoms with E-state index in [-0.39, 0.29) is 0 Å². The lowest BCUT2D eigenvalue weighted by atomic mass is 10.1. The summed E-state index contributed by atoms with van der Waals surface area (Å²) in [7, 11) is 0.660. The summed E-state index contributed by atoms with van der Waals surface area (Å²) >= 11 is 0. The van der Waals surface area contributed by atoms with Gasteiger partial charge in [0.25, 0.3) is 0 Å². The van der Waals surface area contributed by atoms with Crippen molar-refractivity contribution in [1.29, 1.82) is 0 Å². The Bertz CT molecular complexity index is 289. The topological polar surface area (TPSA) is 9.23 Å². The van der Waals surface area contributed by atoms with E-state index in [0.29, 0.717) is 0 Å². The van der Waals surface area contributed by atoms with E-state index >= 15 is 0 Å². The number of hydrogen-bond acceptors (Lipinski definition) is 1. The van der Waals surface area contributed by atoms with Crippen molar-refractivity contribution in [3.8, 4) is 0 Å². The molecule has 1 unspecified atom stereocenters. The number of hydrogen-bond donors (Lipinski definition) is 0. The smallest absolute Gasteiger partial charge is 0.204 e. The van der Waals surface area contributed by atoms with Crippen LogP contribution < -0.4 is 5.19 Å². The quantitative estimate of drug-likeness (QED) is 0.665. The zero-order valence-corrected chi connectivity index (χ0v) is 9.66. The van der Waals surface area contributed by atoms with Gasteiger partial charge in [-0.05, 0) is 24.2 Å². The van der Waals surface area contributed by atoms with Crippen molar-refractivity contribution in [2.24, 2.45) is 0 Å². The van der Waals surface area contributed by atoms with Gasteiger partial charge in [-0.15, -0.1) is 0 Å². The summed E-state index contributed by atoms with van der Waals surface area (Å²) < 4.78 is 5.35. The van der Waals surface area contributed by atoms with Crippen LogP contribution in [0, 0.1) is 0 Å². The maximum absolute atomic E-state index is 5.35. The average molecular weight is 192 g/mol. The Morgan fingerprint density at radius 1 is 1.31 bits per heavy atom. The molecule has 0 amide bonds. The van der Waals surface area contributed by atoms with Gasteiger partial charge < -0.3 is 4.43 Å². The van der Waals surface area contributed by atoms with Crippen molar-refractivity contribution in [1.82, 2.24) is 0 Å². The molecule has 0 fully saturated rings. The molecule has 1 aromatic carbocycles. The molecule has 0 bridgehead atoms. The molecule has 0 radical (unpaired) electrons. The van der Waals surface area contributed by atoms with E-state index in [4.69, 9.17) is 4.43 Å². The minimum Gasteiger partial charge on any atom is -0.419 e. The summed E-state index contributed by atoms with van der Waals surface area (Å²) in [5.74, 6) is 0. The highest BCUT2D eigenvalue weighted by Gasteiger charge is 2.05. The van der Waals surface area contributed by atoms with Crippen molar-refractivity contribution < 1.29 is 4.43 Å². The lowest BCUT2D eigenvalue weighted by Gasteiger charge is -2.08. The van der Waals surface area contributed by atoms with Gasteiger partial charge >= 0.3 is 0 Å². The van der Waals surface area contributed by atoms with E-state index in [1.807, 2.05) is 6.92 Å². The van der Waals surface area contributed by atoms with E-state index in [9.17, 15) is 0 Å². The molecule has 0 aliphatic carbocycles. The van der Waals surface area contributed by atoms with Crippen LogP contribution in [0.2, 0.25) is 6.55 Å². The molecular weight excluding hydrogens is 176 g/mol. The Balaban J connectivity index is 2.87. The zero-order valence-electron chi connectivity index (χ0n) is 8.50. The highest BCUT2D eigenvalue weighted by atomic mass is 28.3. The third-order valence-electron chi connectivity index (χ3n) is 2.23. The Morgan fingerprint density at radius 2 is 1.85 bits per heavy atom. The summed E-state index contributed by atoms with van der Waals surface area (Å²) in [5.41, 5.74) is 2.32. The number of rotatable bonds is 3.